The largest absolute Gasteiger partial charge is 0.355 e. The van der Waals surface area contributed by atoms with Crippen LogP contribution in [0.1, 0.15) is 16.3 Å². The van der Waals surface area contributed by atoms with Gasteiger partial charge in [-0.1, -0.05) is 300 Å². The molecule has 0 fully saturated rings. The third-order valence-electron chi connectivity index (χ3n) is 17.6. The smallest absolute Gasteiger partial charge is 0.113 e. The lowest BCUT2D eigenvalue weighted by atomic mass is 9.98. The van der Waals surface area contributed by atoms with E-state index in [2.05, 4.69) is 350 Å². The summed E-state index contributed by atoms with van der Waals surface area (Å²) in [5, 5.41) is 19.9. The van der Waals surface area contributed by atoms with Gasteiger partial charge in [0.25, 0.3) is 0 Å². The van der Waals surface area contributed by atoms with Gasteiger partial charge in [0.2, 0.25) is 0 Å². The molecule has 0 radical (unpaired) electrons. The summed E-state index contributed by atoms with van der Waals surface area (Å²) < 4.78 is 1.17. The van der Waals surface area contributed by atoms with E-state index in [1.807, 2.05) is 6.07 Å². The highest BCUT2D eigenvalue weighted by atomic mass is 79.9. The standard InChI is InChI=1S/C40H31NSi.C26H19N.C14H13BrSi.2CH4.H2/c1-42(2)39-19-11-10-18-36(39)37-27-32(24-25-40(37)42)41(31-22-20-29(21-23-31)28-12-4-3-5-13-28)38-26-30-14-6-7-15-33(30)34-16-8-9-17-35(34)38;1-2-8-19(9-3-1)20-14-16-22(17-15-20)27-26-18-21-10-4-5-11-23(21)24-12-6-7-13-25(24)26;1-16(2)13-6-4-3-5-11(13)12-9-10(15)7-8-14(12)16;;;/h3-27H,1-2H3;1-18,27H;3-9H,1-2H3;2*1H4;1H. The van der Waals surface area contributed by atoms with E-state index in [9.17, 15) is 0 Å². The van der Waals surface area contributed by atoms with Crippen LogP contribution in [0.4, 0.5) is 28.4 Å². The zero-order chi connectivity index (χ0) is 57.7. The van der Waals surface area contributed by atoms with Crippen LogP contribution in [0.15, 0.2) is 308 Å². The fourth-order valence-electron chi connectivity index (χ4n) is 13.3. The number of nitrogens with zero attached hydrogens (tertiary/aromatic N) is 1. The van der Waals surface area contributed by atoms with Gasteiger partial charge in [-0.2, -0.15) is 0 Å². The zero-order valence-corrected chi connectivity index (χ0v) is 51.8. The minimum absolute atomic E-state index is 0. The summed E-state index contributed by atoms with van der Waals surface area (Å²) in [5.74, 6) is 0. The van der Waals surface area contributed by atoms with Crippen LogP contribution in [0.5, 0.6) is 0 Å². The third kappa shape index (κ3) is 10.8. The van der Waals surface area contributed by atoms with Gasteiger partial charge in [-0.05, 0) is 158 Å². The number of rotatable bonds is 7. The van der Waals surface area contributed by atoms with E-state index in [0.717, 1.165) is 17.1 Å². The Morgan fingerprint density at radius 3 is 1.26 bits per heavy atom. The van der Waals surface area contributed by atoms with Gasteiger partial charge in [0.15, 0.2) is 0 Å². The van der Waals surface area contributed by atoms with Gasteiger partial charge in [0.1, 0.15) is 16.1 Å². The maximum absolute atomic E-state index is 3.62. The van der Waals surface area contributed by atoms with E-state index in [-0.39, 0.29) is 16.3 Å². The Morgan fingerprint density at radius 2 is 0.701 bits per heavy atom. The molecule has 16 rings (SSSR count). The second-order valence-corrected chi connectivity index (χ2v) is 33.0. The quantitative estimate of drug-likeness (QED) is 0.126. The van der Waals surface area contributed by atoms with Crippen molar-refractivity contribution in [1.82, 2.24) is 0 Å². The topological polar surface area (TPSA) is 15.3 Å². The normalized spacial score (nSPS) is 12.7. The summed E-state index contributed by atoms with van der Waals surface area (Å²) in [5.41, 5.74) is 16.3. The van der Waals surface area contributed by atoms with Gasteiger partial charge < -0.3 is 10.2 Å². The lowest BCUT2D eigenvalue weighted by molar-refractivity contribution is 1.30. The van der Waals surface area contributed by atoms with Crippen molar-refractivity contribution in [3.63, 3.8) is 0 Å². The van der Waals surface area contributed by atoms with Crippen LogP contribution in [0.2, 0.25) is 26.2 Å². The Hall–Kier alpha value is -9.37. The monoisotopic (exact) mass is 1220 g/mol. The molecule has 2 heterocycles. The average molecular weight is 1220 g/mol. The van der Waals surface area contributed by atoms with E-state index >= 15 is 0 Å². The fraction of sp³-hybridized carbons (Fsp3) is 0.0732. The molecular formula is C82H73BrN2Si2. The van der Waals surface area contributed by atoms with Crippen molar-refractivity contribution in [2.45, 2.75) is 41.0 Å². The number of hydrogen-bond donors (Lipinski definition) is 1. The SMILES string of the molecule is C.C.C[Si]1(C)c2ccccc2-c2cc(Br)ccc21.C[Si]1(C)c2ccccc2-c2cc(N(c3ccc(-c4ccccc4)cc3)c3cc4ccccc4c4ccccc34)ccc21.[HH].c1ccc(-c2ccc(Nc3cc4ccccc4c4ccccc34)cc2)cc1. The van der Waals surface area contributed by atoms with Gasteiger partial charge in [0, 0.05) is 39.4 Å². The summed E-state index contributed by atoms with van der Waals surface area (Å²) in [6.45, 7) is 9.83. The molecule has 2 aliphatic rings. The minimum atomic E-state index is -1.74. The van der Waals surface area contributed by atoms with Gasteiger partial charge in [-0.3, -0.25) is 0 Å². The van der Waals surface area contributed by atoms with Gasteiger partial charge in [-0.15, -0.1) is 0 Å². The van der Waals surface area contributed by atoms with Crippen LogP contribution in [-0.2, 0) is 0 Å². The van der Waals surface area contributed by atoms with Crippen molar-refractivity contribution >= 4 is 124 Å². The van der Waals surface area contributed by atoms with Crippen LogP contribution in [0, 0.1) is 0 Å². The number of halogens is 1. The lowest BCUT2D eigenvalue weighted by Crippen LogP contribution is -2.49. The molecule has 87 heavy (non-hydrogen) atoms. The number of nitrogens with one attached hydrogen (secondary N) is 1. The highest BCUT2D eigenvalue weighted by Gasteiger charge is 2.38. The van der Waals surface area contributed by atoms with Crippen molar-refractivity contribution in [3.8, 4) is 44.5 Å². The number of anilines is 5. The molecule has 0 unspecified atom stereocenters. The van der Waals surface area contributed by atoms with Gasteiger partial charge in [-0.25, -0.2) is 0 Å². The molecule has 0 bridgehead atoms. The first-order valence-corrected chi connectivity index (χ1v) is 36.2. The van der Waals surface area contributed by atoms with Crippen molar-refractivity contribution < 1.29 is 1.43 Å². The Bertz CT molecular complexity index is 4810. The van der Waals surface area contributed by atoms with Crippen LogP contribution in [0.25, 0.3) is 87.6 Å². The predicted octanol–water partition coefficient (Wildman–Crippen LogP) is 22.1. The summed E-state index contributed by atoms with van der Waals surface area (Å²) in [4.78, 5) is 2.46. The molecule has 2 aliphatic heterocycles. The lowest BCUT2D eigenvalue weighted by Gasteiger charge is -2.29. The summed E-state index contributed by atoms with van der Waals surface area (Å²) in [6, 6.07) is 110. The molecule has 0 amide bonds. The van der Waals surface area contributed by atoms with Crippen LogP contribution in [0.3, 0.4) is 0 Å². The molecular weight excluding hydrogens is 1150 g/mol. The van der Waals surface area contributed by atoms with E-state index in [1.54, 1.807) is 10.4 Å². The minimum Gasteiger partial charge on any atom is -0.355 e. The van der Waals surface area contributed by atoms with Crippen molar-refractivity contribution in [2.24, 2.45) is 0 Å². The third-order valence-corrected chi connectivity index (χ3v) is 25.3. The summed E-state index contributed by atoms with van der Waals surface area (Å²) in [7, 11) is -3.17. The van der Waals surface area contributed by atoms with E-state index < -0.39 is 16.1 Å². The van der Waals surface area contributed by atoms with E-state index in [1.165, 1.54) is 114 Å². The Kier molecular flexibility index (Phi) is 16.1. The summed E-state index contributed by atoms with van der Waals surface area (Å²) >= 11 is 3.57. The molecule has 14 aromatic carbocycles. The Balaban J connectivity index is 0.000000149. The molecule has 0 saturated carbocycles. The first-order valence-electron chi connectivity index (χ1n) is 29.4. The predicted molar refractivity (Wildman–Crippen MR) is 392 cm³/mol. The summed E-state index contributed by atoms with van der Waals surface area (Å²) in [6.07, 6.45) is 0. The van der Waals surface area contributed by atoms with Crippen LogP contribution >= 0.6 is 15.9 Å². The second-order valence-electron chi connectivity index (χ2n) is 23.4. The molecule has 1 N–H and O–H groups in total. The maximum atomic E-state index is 3.62. The average Bonchev–Trinajstić information content (AvgIpc) is 1.75. The van der Waals surface area contributed by atoms with Crippen molar-refractivity contribution in [1.29, 1.82) is 0 Å². The number of hydrogen-bond acceptors (Lipinski definition) is 2. The van der Waals surface area contributed by atoms with Crippen molar-refractivity contribution in [3.05, 3.63) is 308 Å². The molecule has 14 aromatic rings. The Labute approximate surface area is 525 Å². The van der Waals surface area contributed by atoms with E-state index in [0.29, 0.717) is 0 Å². The highest BCUT2D eigenvalue weighted by molar-refractivity contribution is 9.10. The van der Waals surface area contributed by atoms with Crippen LogP contribution in [-0.4, -0.2) is 16.1 Å². The molecule has 0 aromatic heterocycles. The Morgan fingerprint density at radius 1 is 0.310 bits per heavy atom. The first kappa shape index (κ1) is 58.0. The molecule has 0 aliphatic carbocycles. The molecule has 5 heteroatoms. The van der Waals surface area contributed by atoms with Crippen LogP contribution < -0.4 is 31.0 Å². The van der Waals surface area contributed by atoms with Gasteiger partial charge >= 0.3 is 0 Å². The molecule has 0 atom stereocenters. The molecule has 0 spiro atoms. The molecule has 426 valence electrons. The highest BCUT2D eigenvalue weighted by Crippen LogP contribution is 2.44. The second kappa shape index (κ2) is 24.2. The number of fused-ring (bicyclic) bond motifs is 12. The zero-order valence-electron chi connectivity index (χ0n) is 48.2. The van der Waals surface area contributed by atoms with Crippen molar-refractivity contribution in [2.75, 3.05) is 10.2 Å². The molecule has 0 saturated heterocycles. The first-order chi connectivity index (χ1) is 41.6. The number of benzene rings is 14. The van der Waals surface area contributed by atoms with Gasteiger partial charge in [0.05, 0.1) is 5.69 Å². The van der Waals surface area contributed by atoms with E-state index in [4.69, 9.17) is 0 Å². The fourth-order valence-corrected chi connectivity index (χ4v) is 19.8. The molecule has 2 nitrogen and oxygen atoms in total. The maximum Gasteiger partial charge on any atom is 0.113 e.